The smallest absolute Gasteiger partial charge is 0.266 e. The van der Waals surface area contributed by atoms with Gasteiger partial charge in [0.05, 0.1) is 32.7 Å². The van der Waals surface area contributed by atoms with Crippen LogP contribution in [0.5, 0.6) is 17.2 Å². The van der Waals surface area contributed by atoms with Crippen LogP contribution in [0.25, 0.3) is 32.6 Å². The van der Waals surface area contributed by atoms with Crippen LogP contribution in [0.4, 0.5) is 5.69 Å². The van der Waals surface area contributed by atoms with Gasteiger partial charge in [-0.05, 0) is 47.6 Å². The number of pyridine rings is 1. The Morgan fingerprint density at radius 1 is 0.947 bits per heavy atom. The number of hydrogen-bond donors (Lipinski definition) is 1. The molecule has 38 heavy (non-hydrogen) atoms. The number of carbonyl (C=O) groups excluding carboxylic acids is 1. The van der Waals surface area contributed by atoms with Crippen LogP contribution in [0.1, 0.15) is 29.9 Å². The van der Waals surface area contributed by atoms with Gasteiger partial charge in [-0.15, -0.1) is 11.3 Å². The fraction of sp³-hybridized carbons (Fsp3) is 0.333. The maximum absolute atomic E-state index is 13.7. The van der Waals surface area contributed by atoms with Crippen molar-refractivity contribution in [2.24, 2.45) is 11.8 Å². The number of piperidine rings is 1. The monoisotopic (exact) mass is 531 g/mol. The normalized spacial score (nSPS) is 17.4. The molecule has 198 valence electrons. The molecule has 2 aromatic carbocycles. The molecular formula is C30H33N3O4S. The van der Waals surface area contributed by atoms with Crippen molar-refractivity contribution in [1.82, 2.24) is 9.88 Å². The van der Waals surface area contributed by atoms with E-state index in [9.17, 15) is 4.79 Å². The van der Waals surface area contributed by atoms with E-state index in [4.69, 9.17) is 24.9 Å². The van der Waals surface area contributed by atoms with Gasteiger partial charge < -0.3 is 24.8 Å². The average Bonchev–Trinajstić information content (AvgIpc) is 3.27. The van der Waals surface area contributed by atoms with E-state index in [1.54, 1.807) is 21.3 Å². The molecular weight excluding hydrogens is 498 g/mol. The van der Waals surface area contributed by atoms with Gasteiger partial charge in [-0.1, -0.05) is 44.2 Å². The highest BCUT2D eigenvalue weighted by Crippen LogP contribution is 2.46. The highest BCUT2D eigenvalue weighted by Gasteiger charge is 2.30. The summed E-state index contributed by atoms with van der Waals surface area (Å²) in [4.78, 5) is 21.9. The molecule has 1 fully saturated rings. The molecule has 2 aromatic heterocycles. The lowest BCUT2D eigenvalue weighted by atomic mass is 9.92. The van der Waals surface area contributed by atoms with Crippen molar-refractivity contribution < 1.29 is 19.0 Å². The molecule has 2 atom stereocenters. The number of nitrogens with two attached hydrogens (primary N) is 1. The second-order valence-corrected chi connectivity index (χ2v) is 11.0. The molecule has 0 saturated carbocycles. The van der Waals surface area contributed by atoms with Gasteiger partial charge in [0, 0.05) is 24.0 Å². The van der Waals surface area contributed by atoms with Gasteiger partial charge in [-0.3, -0.25) is 4.79 Å². The maximum Gasteiger partial charge on any atom is 0.266 e. The van der Waals surface area contributed by atoms with Crippen molar-refractivity contribution in [3.8, 4) is 39.6 Å². The molecule has 1 aliphatic rings. The molecule has 1 saturated heterocycles. The Morgan fingerprint density at radius 3 is 2.16 bits per heavy atom. The van der Waals surface area contributed by atoms with Crippen molar-refractivity contribution in [2.45, 2.75) is 20.3 Å². The third-order valence-corrected chi connectivity index (χ3v) is 8.18. The SMILES string of the molecule is COc1cc(-c2cc(-c3ccccc3)nc3sc(C(=O)N4CC(C)CC(C)C4)c(N)c23)cc(OC)c1OC. The molecule has 1 amide bonds. The number of thiophene rings is 1. The molecule has 4 aromatic rings. The van der Waals surface area contributed by atoms with Gasteiger partial charge in [-0.2, -0.15) is 0 Å². The number of fused-ring (bicyclic) bond motifs is 1. The predicted molar refractivity (Wildman–Crippen MR) is 153 cm³/mol. The fourth-order valence-corrected chi connectivity index (χ4v) is 6.56. The van der Waals surface area contributed by atoms with E-state index in [2.05, 4.69) is 13.8 Å². The first-order valence-corrected chi connectivity index (χ1v) is 13.5. The number of aromatic nitrogens is 1. The second kappa shape index (κ2) is 10.5. The Morgan fingerprint density at radius 2 is 1.58 bits per heavy atom. The number of nitrogen functional groups attached to an aromatic ring is 1. The van der Waals surface area contributed by atoms with Crippen molar-refractivity contribution in [2.75, 3.05) is 40.2 Å². The van der Waals surface area contributed by atoms with Crippen LogP contribution in [0.2, 0.25) is 0 Å². The van der Waals surface area contributed by atoms with E-state index in [0.717, 1.165) is 47.3 Å². The number of amides is 1. The van der Waals surface area contributed by atoms with Gasteiger partial charge in [0.15, 0.2) is 11.5 Å². The van der Waals surface area contributed by atoms with Crippen molar-refractivity contribution >= 4 is 33.1 Å². The van der Waals surface area contributed by atoms with E-state index < -0.39 is 0 Å². The lowest BCUT2D eigenvalue weighted by molar-refractivity contribution is 0.0629. The topological polar surface area (TPSA) is 86.9 Å². The lowest BCUT2D eigenvalue weighted by Crippen LogP contribution is -2.42. The molecule has 0 bridgehead atoms. The number of ether oxygens (including phenoxy) is 3. The summed E-state index contributed by atoms with van der Waals surface area (Å²) in [5.41, 5.74) is 10.7. The minimum absolute atomic E-state index is 0.0268. The van der Waals surface area contributed by atoms with Gasteiger partial charge in [0.1, 0.15) is 9.71 Å². The summed E-state index contributed by atoms with van der Waals surface area (Å²) >= 11 is 1.36. The largest absolute Gasteiger partial charge is 0.493 e. The summed E-state index contributed by atoms with van der Waals surface area (Å²) in [7, 11) is 4.76. The first kappa shape index (κ1) is 25.9. The number of nitrogens with zero attached hydrogens (tertiary/aromatic N) is 2. The van der Waals surface area contributed by atoms with Crippen LogP contribution in [0.15, 0.2) is 48.5 Å². The molecule has 1 aliphatic heterocycles. The number of benzene rings is 2. The van der Waals surface area contributed by atoms with Crippen molar-refractivity contribution in [3.63, 3.8) is 0 Å². The van der Waals surface area contributed by atoms with Crippen LogP contribution < -0.4 is 19.9 Å². The molecule has 0 aliphatic carbocycles. The number of anilines is 1. The standard InChI is InChI=1S/C30H33N3O4S/c1-17-11-18(2)16-33(15-17)30(34)28-26(31)25-21(20-12-23(35-3)27(37-5)24(13-20)36-4)14-22(32-29(25)38-28)19-9-7-6-8-10-19/h6-10,12-14,17-18H,11,15-16,31H2,1-5H3. The van der Waals surface area contributed by atoms with Crippen molar-refractivity contribution in [1.29, 1.82) is 0 Å². The number of likely N-dealkylation sites (tertiary alicyclic amines) is 1. The molecule has 8 heteroatoms. The van der Waals surface area contributed by atoms with Gasteiger partial charge in [0.25, 0.3) is 5.91 Å². The molecule has 7 nitrogen and oxygen atoms in total. The molecule has 0 radical (unpaired) electrons. The minimum atomic E-state index is -0.0268. The predicted octanol–water partition coefficient (Wildman–Crippen LogP) is 6.36. The van der Waals surface area contributed by atoms with Crippen LogP contribution in [-0.2, 0) is 0 Å². The summed E-state index contributed by atoms with van der Waals surface area (Å²) in [6.45, 7) is 5.86. The fourth-order valence-electron chi connectivity index (χ4n) is 5.47. The Hall–Kier alpha value is -3.78. The van der Waals surface area contributed by atoms with Gasteiger partial charge in [-0.25, -0.2) is 4.98 Å². The molecule has 3 heterocycles. The van der Waals surface area contributed by atoms with Crippen LogP contribution >= 0.6 is 11.3 Å². The second-order valence-electron chi connectivity index (χ2n) is 10.0. The minimum Gasteiger partial charge on any atom is -0.493 e. The third kappa shape index (κ3) is 4.65. The van der Waals surface area contributed by atoms with E-state index >= 15 is 0 Å². The zero-order chi connectivity index (χ0) is 27.0. The maximum atomic E-state index is 13.7. The third-order valence-electron chi connectivity index (χ3n) is 7.09. The Kier molecular flexibility index (Phi) is 7.17. The molecule has 2 N–H and O–H groups in total. The zero-order valence-electron chi connectivity index (χ0n) is 22.4. The summed E-state index contributed by atoms with van der Waals surface area (Å²) in [6.07, 6.45) is 1.12. The Bertz CT molecular complexity index is 1450. The van der Waals surface area contributed by atoms with Crippen LogP contribution in [0.3, 0.4) is 0 Å². The Balaban J connectivity index is 1.73. The first-order chi connectivity index (χ1) is 18.3. The summed E-state index contributed by atoms with van der Waals surface area (Å²) in [5.74, 6) is 2.46. The lowest BCUT2D eigenvalue weighted by Gasteiger charge is -2.34. The zero-order valence-corrected chi connectivity index (χ0v) is 23.2. The van der Waals surface area contributed by atoms with E-state index in [0.29, 0.717) is 44.5 Å². The molecule has 5 rings (SSSR count). The summed E-state index contributed by atoms with van der Waals surface area (Å²) in [6, 6.07) is 15.8. The summed E-state index contributed by atoms with van der Waals surface area (Å²) < 4.78 is 16.8. The van der Waals surface area contributed by atoms with E-state index in [1.807, 2.05) is 53.4 Å². The highest BCUT2D eigenvalue weighted by atomic mass is 32.1. The van der Waals surface area contributed by atoms with Crippen LogP contribution in [0, 0.1) is 11.8 Å². The number of carbonyl (C=O) groups is 1. The van der Waals surface area contributed by atoms with Crippen molar-refractivity contribution in [3.05, 3.63) is 53.4 Å². The van der Waals surface area contributed by atoms with E-state index in [-0.39, 0.29) is 5.91 Å². The summed E-state index contributed by atoms with van der Waals surface area (Å²) in [5, 5.41) is 0.755. The molecule has 0 spiro atoms. The first-order valence-electron chi connectivity index (χ1n) is 12.7. The van der Waals surface area contributed by atoms with Crippen LogP contribution in [-0.4, -0.2) is 50.2 Å². The average molecular weight is 532 g/mol. The van der Waals surface area contributed by atoms with Gasteiger partial charge >= 0.3 is 0 Å². The highest BCUT2D eigenvalue weighted by molar-refractivity contribution is 7.21. The molecule has 2 unspecified atom stereocenters. The number of methoxy groups -OCH3 is 3. The Labute approximate surface area is 227 Å². The quantitative estimate of drug-likeness (QED) is 0.312. The number of hydrogen-bond acceptors (Lipinski definition) is 7. The van der Waals surface area contributed by atoms with E-state index in [1.165, 1.54) is 11.3 Å². The number of rotatable bonds is 6. The van der Waals surface area contributed by atoms with Gasteiger partial charge in [0.2, 0.25) is 5.75 Å².